The zero-order chi connectivity index (χ0) is 18.1. The highest BCUT2D eigenvalue weighted by molar-refractivity contribution is 5.97. The lowest BCUT2D eigenvalue weighted by Crippen LogP contribution is -2.43. The minimum atomic E-state index is -0.948. The molecule has 0 bridgehead atoms. The first-order valence-electron chi connectivity index (χ1n) is 9.38. The Bertz CT molecular complexity index is 839. The zero-order valence-electron chi connectivity index (χ0n) is 14.7. The molecule has 4 heteroatoms. The molecule has 26 heavy (non-hydrogen) atoms. The Morgan fingerprint density at radius 1 is 0.808 bits per heavy atom. The number of carboxylic acids is 1. The Labute approximate surface area is 153 Å². The summed E-state index contributed by atoms with van der Waals surface area (Å²) in [6, 6.07) is 15.4. The number of carboxylic acid groups (broad SMARTS) is 1. The highest BCUT2D eigenvalue weighted by atomic mass is 16.4. The Hall–Kier alpha value is -2.62. The second-order valence-electron chi connectivity index (χ2n) is 7.31. The summed E-state index contributed by atoms with van der Waals surface area (Å²) in [6.07, 6.45) is 5.42. The molecule has 2 aromatic carbocycles. The molecule has 2 N–H and O–H groups in total. The van der Waals surface area contributed by atoms with Crippen LogP contribution in [0.5, 0.6) is 0 Å². The fraction of sp³-hybridized carbons (Fsp3) is 0.364. The predicted octanol–water partition coefficient (Wildman–Crippen LogP) is 4.07. The normalized spacial score (nSPS) is 22.2. The highest BCUT2D eigenvalue weighted by Gasteiger charge is 2.42. The van der Waals surface area contributed by atoms with Crippen molar-refractivity contribution in [3.63, 3.8) is 0 Å². The lowest BCUT2D eigenvalue weighted by Gasteiger charge is -2.34. The van der Waals surface area contributed by atoms with Crippen molar-refractivity contribution < 1.29 is 14.7 Å². The van der Waals surface area contributed by atoms with Gasteiger partial charge in [0.05, 0.1) is 11.8 Å². The number of amides is 1. The topological polar surface area (TPSA) is 66.4 Å². The van der Waals surface area contributed by atoms with Gasteiger partial charge in [-0.15, -0.1) is 0 Å². The van der Waals surface area contributed by atoms with E-state index in [-0.39, 0.29) is 11.9 Å². The lowest BCUT2D eigenvalue weighted by atomic mass is 9.71. The summed E-state index contributed by atoms with van der Waals surface area (Å²) in [5, 5.41) is 13.1. The third-order valence-corrected chi connectivity index (χ3v) is 5.72. The number of aliphatic carboxylic acids is 1. The summed E-state index contributed by atoms with van der Waals surface area (Å²) in [5.41, 5.74) is 3.41. The van der Waals surface area contributed by atoms with Crippen LogP contribution in [-0.2, 0) is 9.59 Å². The number of fused-ring (bicyclic) bond motifs is 3. The molecule has 1 amide bonds. The van der Waals surface area contributed by atoms with Crippen LogP contribution in [0, 0.1) is 0 Å². The van der Waals surface area contributed by atoms with E-state index in [9.17, 15) is 14.7 Å². The van der Waals surface area contributed by atoms with Crippen LogP contribution in [0.4, 0.5) is 0 Å². The number of carbonyl (C=O) groups excluding carboxylic acids is 1. The number of carbonyl (C=O) groups is 2. The molecule has 0 heterocycles. The van der Waals surface area contributed by atoms with E-state index in [0.717, 1.165) is 47.9 Å². The number of hydrogen-bond donors (Lipinski definition) is 2. The van der Waals surface area contributed by atoms with Gasteiger partial charge in [-0.1, -0.05) is 67.8 Å². The second kappa shape index (κ2) is 6.94. The summed E-state index contributed by atoms with van der Waals surface area (Å²) in [7, 11) is 0. The maximum Gasteiger partial charge on any atom is 0.312 e. The monoisotopic (exact) mass is 349 g/mol. The molecular weight excluding hydrogens is 326 g/mol. The molecule has 0 aromatic heterocycles. The molecule has 0 saturated heterocycles. The summed E-state index contributed by atoms with van der Waals surface area (Å²) < 4.78 is 0. The zero-order valence-corrected chi connectivity index (χ0v) is 14.7. The minimum absolute atomic E-state index is 0.161. The molecule has 1 fully saturated rings. The number of benzene rings is 2. The Morgan fingerprint density at radius 2 is 1.35 bits per heavy atom. The van der Waals surface area contributed by atoms with Crippen molar-refractivity contribution in [1.29, 1.82) is 0 Å². The van der Waals surface area contributed by atoms with E-state index in [1.165, 1.54) is 6.42 Å². The van der Waals surface area contributed by atoms with Crippen molar-refractivity contribution in [3.8, 4) is 11.1 Å². The van der Waals surface area contributed by atoms with Crippen molar-refractivity contribution >= 4 is 11.9 Å². The molecule has 2 aromatic rings. The van der Waals surface area contributed by atoms with Crippen LogP contribution in [0.2, 0.25) is 0 Å². The average molecular weight is 349 g/mol. The molecule has 0 unspecified atom stereocenters. The van der Waals surface area contributed by atoms with Gasteiger partial charge in [-0.05, 0) is 35.1 Å². The Morgan fingerprint density at radius 3 is 1.92 bits per heavy atom. The first-order valence-corrected chi connectivity index (χ1v) is 9.38. The molecule has 2 aliphatic carbocycles. The summed E-state index contributed by atoms with van der Waals surface area (Å²) >= 11 is 0. The molecule has 4 nitrogen and oxygen atoms in total. The SMILES string of the molecule is O=C(NC1CCCCC1)[C@@H]1c2ccccc2-c2ccccc2[C@@H]1C(=O)O. The molecule has 2 aliphatic rings. The van der Waals surface area contributed by atoms with Crippen molar-refractivity contribution in [3.05, 3.63) is 59.7 Å². The number of rotatable bonds is 3. The standard InChI is InChI=1S/C22H23NO3/c24-21(23-14-8-2-1-3-9-14)19-17-12-6-4-10-15(17)16-11-5-7-13-18(16)20(19)22(25)26/h4-7,10-14,19-20H,1-3,8-9H2,(H,23,24)(H,25,26)/t19-,20+/m1/s1. The van der Waals surface area contributed by atoms with Crippen molar-refractivity contribution in [2.75, 3.05) is 0 Å². The Kier molecular flexibility index (Phi) is 4.49. The van der Waals surface area contributed by atoms with E-state index in [1.54, 1.807) is 0 Å². The van der Waals surface area contributed by atoms with E-state index in [4.69, 9.17) is 0 Å². The number of nitrogens with one attached hydrogen (secondary N) is 1. The smallest absolute Gasteiger partial charge is 0.312 e. The third kappa shape index (κ3) is 2.90. The van der Waals surface area contributed by atoms with Gasteiger partial charge in [0.1, 0.15) is 0 Å². The summed E-state index contributed by atoms with van der Waals surface area (Å²) in [4.78, 5) is 25.3. The predicted molar refractivity (Wildman–Crippen MR) is 100 cm³/mol. The van der Waals surface area contributed by atoms with E-state index in [2.05, 4.69) is 5.32 Å². The molecule has 0 aliphatic heterocycles. The first-order chi connectivity index (χ1) is 12.7. The summed E-state index contributed by atoms with van der Waals surface area (Å²) in [5.74, 6) is -2.66. The van der Waals surface area contributed by atoms with E-state index in [1.807, 2.05) is 48.5 Å². The van der Waals surface area contributed by atoms with Crippen LogP contribution in [0.15, 0.2) is 48.5 Å². The van der Waals surface area contributed by atoms with Crippen LogP contribution in [0.25, 0.3) is 11.1 Å². The minimum Gasteiger partial charge on any atom is -0.481 e. The van der Waals surface area contributed by atoms with Crippen molar-refractivity contribution in [1.82, 2.24) is 5.32 Å². The lowest BCUT2D eigenvalue weighted by molar-refractivity contribution is -0.142. The number of hydrogen-bond acceptors (Lipinski definition) is 2. The van der Waals surface area contributed by atoms with Crippen molar-refractivity contribution in [2.45, 2.75) is 50.0 Å². The molecule has 134 valence electrons. The van der Waals surface area contributed by atoms with Gasteiger partial charge >= 0.3 is 5.97 Å². The molecule has 2 atom stereocenters. The average Bonchev–Trinajstić information content (AvgIpc) is 2.67. The highest BCUT2D eigenvalue weighted by Crippen LogP contribution is 2.47. The van der Waals surface area contributed by atoms with Crippen LogP contribution >= 0.6 is 0 Å². The van der Waals surface area contributed by atoms with Crippen LogP contribution in [0.3, 0.4) is 0 Å². The van der Waals surface area contributed by atoms with Gasteiger partial charge in [0, 0.05) is 6.04 Å². The quantitative estimate of drug-likeness (QED) is 0.878. The first kappa shape index (κ1) is 16.8. The van der Waals surface area contributed by atoms with Gasteiger partial charge in [0.25, 0.3) is 0 Å². The Balaban J connectivity index is 1.76. The fourth-order valence-electron chi connectivity index (χ4n) is 4.49. The van der Waals surface area contributed by atoms with E-state index >= 15 is 0 Å². The van der Waals surface area contributed by atoms with Gasteiger partial charge in [-0.25, -0.2) is 0 Å². The van der Waals surface area contributed by atoms with Gasteiger partial charge in [-0.3, -0.25) is 9.59 Å². The maximum absolute atomic E-state index is 13.2. The largest absolute Gasteiger partial charge is 0.481 e. The van der Waals surface area contributed by atoms with E-state index in [0.29, 0.717) is 0 Å². The molecule has 0 spiro atoms. The van der Waals surface area contributed by atoms with Crippen LogP contribution < -0.4 is 5.32 Å². The molecule has 1 saturated carbocycles. The molecule has 0 radical (unpaired) electrons. The second-order valence-corrected chi connectivity index (χ2v) is 7.31. The van der Waals surface area contributed by atoms with E-state index < -0.39 is 17.8 Å². The van der Waals surface area contributed by atoms with Gasteiger partial charge in [-0.2, -0.15) is 0 Å². The van der Waals surface area contributed by atoms with Gasteiger partial charge in [0.15, 0.2) is 0 Å². The molecular formula is C22H23NO3. The van der Waals surface area contributed by atoms with Gasteiger partial charge in [0.2, 0.25) is 5.91 Å². The van der Waals surface area contributed by atoms with Gasteiger partial charge < -0.3 is 10.4 Å². The van der Waals surface area contributed by atoms with Crippen LogP contribution in [0.1, 0.15) is 55.1 Å². The maximum atomic E-state index is 13.2. The van der Waals surface area contributed by atoms with Crippen molar-refractivity contribution in [2.24, 2.45) is 0 Å². The fourth-order valence-corrected chi connectivity index (χ4v) is 4.49. The third-order valence-electron chi connectivity index (χ3n) is 5.72. The van der Waals surface area contributed by atoms with Crippen LogP contribution in [-0.4, -0.2) is 23.0 Å². The summed E-state index contributed by atoms with van der Waals surface area (Å²) in [6.45, 7) is 0. The molecule has 4 rings (SSSR count).